The number of carbonyl (C=O) groups is 7. The number of carboxylic acid groups (broad SMARTS) is 3. The minimum atomic E-state index is -1.11. The van der Waals surface area contributed by atoms with Crippen molar-refractivity contribution in [2.24, 2.45) is 11.1 Å². The molecule has 9 N–H and O–H groups in total. The number of aliphatic hydroxyl groups excluding tert-OH is 4. The minimum absolute atomic E-state index is 0.312. The van der Waals surface area contributed by atoms with E-state index in [2.05, 4.69) is 10.5 Å². The summed E-state index contributed by atoms with van der Waals surface area (Å²) in [4.78, 5) is 68.0. The first-order valence-corrected chi connectivity index (χ1v) is 9.89. The maximum absolute atomic E-state index is 9.87. The number of rotatable bonds is 11. The number of ketones is 3. The lowest BCUT2D eigenvalue weighted by Crippen LogP contribution is -2.37. The predicted octanol–water partition coefficient (Wildman–Crippen LogP) is -1.81. The van der Waals surface area contributed by atoms with Crippen LogP contribution in [0.2, 0.25) is 0 Å². The van der Waals surface area contributed by atoms with Crippen LogP contribution in [0.25, 0.3) is 0 Å². The number of ether oxygens (including phenoxy) is 1. The Morgan fingerprint density at radius 3 is 0.833 bits per heavy atom. The van der Waals surface area contributed by atoms with Gasteiger partial charge in [0.2, 0.25) is 0 Å². The Labute approximate surface area is 207 Å². The lowest BCUT2D eigenvalue weighted by molar-refractivity contribution is -0.141. The maximum Gasteiger partial charge on any atom is 0.404 e. The summed E-state index contributed by atoms with van der Waals surface area (Å²) < 4.78 is 4.18. The molecule has 1 amide bonds. The van der Waals surface area contributed by atoms with Crippen LogP contribution in [0.4, 0.5) is 4.79 Å². The topological polar surface area (TPSA) is 296 Å². The van der Waals surface area contributed by atoms with Gasteiger partial charge in [0.15, 0.2) is 0 Å². The summed E-state index contributed by atoms with van der Waals surface area (Å²) in [5.74, 6) is -4.12. The normalized spacial score (nSPS) is 9.00. The highest BCUT2D eigenvalue weighted by atomic mass is 16.5. The molecule has 212 valence electrons. The molecule has 0 fully saturated rings. The van der Waals surface area contributed by atoms with Crippen LogP contribution < -0.4 is 5.73 Å². The van der Waals surface area contributed by atoms with Crippen molar-refractivity contribution >= 4 is 41.4 Å². The molecule has 0 atom stereocenters. The molecule has 0 aliphatic rings. The van der Waals surface area contributed by atoms with E-state index >= 15 is 0 Å². The second-order valence-corrected chi connectivity index (χ2v) is 6.70. The Balaban J connectivity index is -0.000000112. The zero-order chi connectivity index (χ0) is 29.9. The monoisotopic (exact) mass is 531 g/mol. The second-order valence-electron chi connectivity index (χ2n) is 6.70. The van der Waals surface area contributed by atoms with E-state index < -0.39 is 55.8 Å². The molecular weight excluding hydrogens is 494 g/mol. The zero-order valence-electron chi connectivity index (χ0n) is 20.6. The average Bonchev–Trinajstić information content (AvgIpc) is 2.69. The Kier molecular flexibility index (Phi) is 32.9. The lowest BCUT2D eigenvalue weighted by Gasteiger charge is -2.23. The van der Waals surface area contributed by atoms with Gasteiger partial charge in [0.25, 0.3) is 0 Å². The fraction of sp³-hybridized carbons (Fsp3) is 0.650. The third-order valence-electron chi connectivity index (χ3n) is 2.83. The summed E-state index contributed by atoms with van der Waals surface area (Å²) in [6.45, 7) is 4.16. The Hall–Kier alpha value is -3.47. The molecule has 0 aromatic carbocycles. The number of nitrogens with two attached hydrogens (primary N) is 1. The van der Waals surface area contributed by atoms with Crippen LogP contribution in [0.15, 0.2) is 0 Å². The highest BCUT2D eigenvalue weighted by molar-refractivity contribution is 5.93. The van der Waals surface area contributed by atoms with Gasteiger partial charge >= 0.3 is 24.0 Å². The van der Waals surface area contributed by atoms with E-state index in [1.807, 2.05) is 0 Å². The Morgan fingerprint density at radius 1 is 0.611 bits per heavy atom. The van der Waals surface area contributed by atoms with Gasteiger partial charge in [-0.25, -0.2) is 4.79 Å². The van der Waals surface area contributed by atoms with Crippen LogP contribution in [-0.4, -0.2) is 110 Å². The van der Waals surface area contributed by atoms with Gasteiger partial charge < -0.3 is 46.2 Å². The number of carboxylic acids is 3. The van der Waals surface area contributed by atoms with Gasteiger partial charge in [-0.15, -0.1) is 0 Å². The van der Waals surface area contributed by atoms with Gasteiger partial charge in [-0.1, -0.05) is 0 Å². The van der Waals surface area contributed by atoms with E-state index in [1.165, 1.54) is 20.8 Å². The SMILES string of the molecule is CC(=O)CC(=O)O.CC(=O)CC(=O)O.CC(=O)CC(=O)O.CCOC(N)=O.OCC(CO)(CO)CO. The number of aliphatic hydroxyl groups is 4. The fourth-order valence-corrected chi connectivity index (χ4v) is 1.08. The van der Waals surface area contributed by atoms with Gasteiger partial charge in [0.1, 0.15) is 36.6 Å². The summed E-state index contributed by atoms with van der Waals surface area (Å²) >= 11 is 0. The molecule has 0 aromatic rings. The third-order valence-corrected chi connectivity index (χ3v) is 2.83. The predicted molar refractivity (Wildman–Crippen MR) is 121 cm³/mol. The largest absolute Gasteiger partial charge is 0.481 e. The van der Waals surface area contributed by atoms with Crippen LogP contribution in [0.5, 0.6) is 0 Å². The summed E-state index contributed by atoms with van der Waals surface area (Å²) in [6.07, 6.45) is -1.79. The molecule has 16 nitrogen and oxygen atoms in total. The van der Waals surface area contributed by atoms with Crippen molar-refractivity contribution < 1.29 is 74.0 Å². The number of hydrogen-bond acceptors (Lipinski definition) is 12. The van der Waals surface area contributed by atoms with Crippen LogP contribution in [0.1, 0.15) is 47.0 Å². The van der Waals surface area contributed by atoms with E-state index in [0.29, 0.717) is 6.61 Å². The van der Waals surface area contributed by atoms with E-state index in [9.17, 15) is 33.6 Å². The summed E-state index contributed by atoms with van der Waals surface area (Å²) in [5.41, 5.74) is 3.43. The van der Waals surface area contributed by atoms with Crippen LogP contribution in [-0.2, 0) is 33.5 Å². The van der Waals surface area contributed by atoms with Gasteiger partial charge in [0.05, 0.1) is 38.4 Å². The minimum Gasteiger partial charge on any atom is -0.481 e. The molecule has 0 aliphatic carbocycles. The van der Waals surface area contributed by atoms with Crippen molar-refractivity contribution in [3.8, 4) is 0 Å². The van der Waals surface area contributed by atoms with Crippen molar-refractivity contribution in [3.63, 3.8) is 0 Å². The smallest absolute Gasteiger partial charge is 0.404 e. The maximum atomic E-state index is 9.87. The first-order valence-electron chi connectivity index (χ1n) is 9.89. The van der Waals surface area contributed by atoms with Crippen LogP contribution in [0, 0.1) is 5.41 Å². The summed E-state index contributed by atoms with van der Waals surface area (Å²) in [7, 11) is 0. The van der Waals surface area contributed by atoms with Crippen molar-refractivity contribution in [2.45, 2.75) is 47.0 Å². The van der Waals surface area contributed by atoms with E-state index in [0.717, 1.165) is 0 Å². The molecule has 36 heavy (non-hydrogen) atoms. The molecule has 0 unspecified atom stereocenters. The number of amides is 1. The van der Waals surface area contributed by atoms with Crippen LogP contribution >= 0.6 is 0 Å². The summed E-state index contributed by atoms with van der Waals surface area (Å²) in [5, 5.41) is 57.6. The molecular formula is C20H37NO15. The molecule has 16 heteroatoms. The Morgan fingerprint density at radius 2 is 0.833 bits per heavy atom. The number of carbonyl (C=O) groups excluding carboxylic acids is 4. The molecule has 0 rings (SSSR count). The van der Waals surface area contributed by atoms with Gasteiger partial charge in [-0.05, 0) is 27.7 Å². The Bertz CT molecular complexity index is 557. The molecule has 0 saturated carbocycles. The lowest BCUT2D eigenvalue weighted by atomic mass is 9.93. The van der Waals surface area contributed by atoms with Crippen LogP contribution in [0.3, 0.4) is 0 Å². The van der Waals surface area contributed by atoms with E-state index in [-0.39, 0.29) is 36.6 Å². The molecule has 0 aliphatic heterocycles. The first-order chi connectivity index (χ1) is 16.4. The fourth-order valence-electron chi connectivity index (χ4n) is 1.08. The summed E-state index contributed by atoms with van der Waals surface area (Å²) in [6, 6.07) is 0. The van der Waals surface area contributed by atoms with Crippen molar-refractivity contribution in [1.29, 1.82) is 0 Å². The standard InChI is InChI=1S/C5H12O4.3C4H6O3.C3H7NO2/c6-1-5(2-7,3-8)4-9;3*1-3(5)2-4(6)7;1-2-6-3(4)5/h6-9H,1-4H2;3*2H2,1H3,(H,6,7);2H2,1H3,(H2,4,5). The highest BCUT2D eigenvalue weighted by Crippen LogP contribution is 2.11. The quantitative estimate of drug-likeness (QED) is 0.136. The zero-order valence-corrected chi connectivity index (χ0v) is 20.6. The van der Waals surface area contributed by atoms with E-state index in [1.54, 1.807) is 6.92 Å². The number of aliphatic carboxylic acids is 3. The third kappa shape index (κ3) is 48.1. The highest BCUT2D eigenvalue weighted by Gasteiger charge is 2.26. The average molecular weight is 532 g/mol. The van der Waals surface area contributed by atoms with Crippen molar-refractivity contribution in [3.05, 3.63) is 0 Å². The molecule has 0 heterocycles. The molecule has 0 bridgehead atoms. The molecule has 0 saturated heterocycles. The number of Topliss-reactive ketones (excluding diaryl/α,β-unsaturated/α-hetero) is 3. The molecule has 0 spiro atoms. The first kappa shape index (κ1) is 42.7. The second kappa shape index (κ2) is 27.8. The van der Waals surface area contributed by atoms with Crippen molar-refractivity contribution in [1.82, 2.24) is 0 Å². The van der Waals surface area contributed by atoms with Crippen molar-refractivity contribution in [2.75, 3.05) is 33.0 Å². The molecule has 0 radical (unpaired) electrons. The van der Waals surface area contributed by atoms with E-state index in [4.69, 9.17) is 35.7 Å². The number of primary amides is 1. The van der Waals surface area contributed by atoms with Gasteiger partial charge in [-0.3, -0.25) is 28.8 Å². The number of hydrogen-bond donors (Lipinski definition) is 8. The van der Waals surface area contributed by atoms with Gasteiger partial charge in [0, 0.05) is 0 Å². The van der Waals surface area contributed by atoms with Gasteiger partial charge in [-0.2, -0.15) is 0 Å². The molecule has 0 aromatic heterocycles.